The van der Waals surface area contributed by atoms with E-state index in [1.54, 1.807) is 4.90 Å². The van der Waals surface area contributed by atoms with Crippen LogP contribution in [0.3, 0.4) is 0 Å². The molecule has 2 fully saturated rings. The number of likely N-dealkylation sites (tertiary alicyclic amines) is 1. The minimum absolute atomic E-state index is 0.0228. The van der Waals surface area contributed by atoms with Gasteiger partial charge >= 0.3 is 5.97 Å². The lowest BCUT2D eigenvalue weighted by atomic mass is 10.2. The van der Waals surface area contributed by atoms with Gasteiger partial charge in [-0.25, -0.2) is 8.42 Å². The summed E-state index contributed by atoms with van der Waals surface area (Å²) in [6, 6.07) is -0.603. The van der Waals surface area contributed by atoms with Gasteiger partial charge in [-0.3, -0.25) is 24.2 Å². The average Bonchev–Trinajstić information content (AvgIpc) is 2.67. The highest BCUT2D eigenvalue weighted by Gasteiger charge is 2.34. The van der Waals surface area contributed by atoms with E-state index in [4.69, 9.17) is 5.11 Å². The van der Waals surface area contributed by atoms with Gasteiger partial charge in [-0.1, -0.05) is 0 Å². The summed E-state index contributed by atoms with van der Waals surface area (Å²) in [6.45, 7) is 0.731. The number of carbonyl (C=O) groups excluding carboxylic acids is 2. The van der Waals surface area contributed by atoms with Crippen LogP contribution >= 0.6 is 0 Å². The van der Waals surface area contributed by atoms with E-state index in [2.05, 4.69) is 0 Å². The number of carboxylic acid groups (broad SMARTS) is 1. The first kappa shape index (κ1) is 15.9. The number of nitrogens with zero attached hydrogens (tertiary/aromatic N) is 2. The van der Waals surface area contributed by atoms with Crippen LogP contribution in [0.1, 0.15) is 19.3 Å². The van der Waals surface area contributed by atoms with Crippen molar-refractivity contribution in [3.63, 3.8) is 0 Å². The second-order valence-electron chi connectivity index (χ2n) is 5.34. The maximum absolute atomic E-state index is 11.6. The maximum Gasteiger partial charge on any atom is 0.304 e. The van der Waals surface area contributed by atoms with Crippen molar-refractivity contribution in [3.05, 3.63) is 0 Å². The first-order valence-corrected chi connectivity index (χ1v) is 8.60. The molecular formula is C12H18N2O6S. The second-order valence-corrected chi connectivity index (χ2v) is 7.57. The minimum atomic E-state index is -3.22. The van der Waals surface area contributed by atoms with E-state index in [0.717, 1.165) is 0 Å². The molecule has 118 valence electrons. The van der Waals surface area contributed by atoms with Crippen molar-refractivity contribution in [1.82, 2.24) is 9.80 Å². The van der Waals surface area contributed by atoms with E-state index in [1.165, 1.54) is 4.90 Å². The molecule has 2 heterocycles. The summed E-state index contributed by atoms with van der Waals surface area (Å²) >= 11 is 0. The summed E-state index contributed by atoms with van der Waals surface area (Å²) in [5, 5.41) is 8.88. The highest BCUT2D eigenvalue weighted by atomic mass is 32.2. The predicted molar refractivity (Wildman–Crippen MR) is 72.2 cm³/mol. The molecule has 0 radical (unpaired) electrons. The number of carbonyl (C=O) groups is 3. The van der Waals surface area contributed by atoms with Crippen LogP contribution in [0.15, 0.2) is 0 Å². The normalized spacial score (nSPS) is 26.3. The van der Waals surface area contributed by atoms with Crippen LogP contribution in [0, 0.1) is 0 Å². The molecule has 2 rings (SSSR count). The molecule has 0 saturated carbocycles. The Labute approximate surface area is 122 Å². The van der Waals surface area contributed by atoms with Gasteiger partial charge in [0.25, 0.3) is 0 Å². The van der Waals surface area contributed by atoms with Crippen molar-refractivity contribution in [2.45, 2.75) is 25.3 Å². The van der Waals surface area contributed by atoms with Gasteiger partial charge in [0.1, 0.15) is 0 Å². The smallest absolute Gasteiger partial charge is 0.304 e. The van der Waals surface area contributed by atoms with E-state index >= 15 is 0 Å². The SMILES string of the molecule is O=C(O)CC1CS(=O)(=O)CCN1CCN1C(=O)CCC1=O. The fourth-order valence-corrected chi connectivity index (χ4v) is 4.30. The van der Waals surface area contributed by atoms with Gasteiger partial charge in [-0.15, -0.1) is 0 Å². The molecule has 2 saturated heterocycles. The summed E-state index contributed by atoms with van der Waals surface area (Å²) < 4.78 is 23.2. The molecule has 2 amide bonds. The molecule has 0 aliphatic carbocycles. The topological polar surface area (TPSA) is 112 Å². The number of hydrogen-bond donors (Lipinski definition) is 1. The van der Waals surface area contributed by atoms with E-state index in [0.29, 0.717) is 6.54 Å². The van der Waals surface area contributed by atoms with Gasteiger partial charge in [0.2, 0.25) is 11.8 Å². The molecule has 1 unspecified atom stereocenters. The summed E-state index contributed by atoms with van der Waals surface area (Å²) in [5.74, 6) is -1.72. The van der Waals surface area contributed by atoms with Crippen LogP contribution in [0.4, 0.5) is 0 Å². The number of hydrogen-bond acceptors (Lipinski definition) is 6. The molecule has 0 spiro atoms. The van der Waals surface area contributed by atoms with Gasteiger partial charge in [-0.05, 0) is 0 Å². The third kappa shape index (κ3) is 4.01. The van der Waals surface area contributed by atoms with Crippen LogP contribution in [0.5, 0.6) is 0 Å². The summed E-state index contributed by atoms with van der Waals surface area (Å²) in [4.78, 5) is 36.8. The zero-order valence-corrected chi connectivity index (χ0v) is 12.3. The van der Waals surface area contributed by atoms with Crippen LogP contribution in [0.2, 0.25) is 0 Å². The summed E-state index contributed by atoms with van der Waals surface area (Å²) in [5.41, 5.74) is 0. The van der Waals surface area contributed by atoms with Crippen LogP contribution in [0.25, 0.3) is 0 Å². The molecule has 21 heavy (non-hydrogen) atoms. The van der Waals surface area contributed by atoms with Crippen molar-refractivity contribution < 1.29 is 27.9 Å². The predicted octanol–water partition coefficient (Wildman–Crippen LogP) is -1.29. The third-order valence-electron chi connectivity index (χ3n) is 3.83. The molecule has 8 nitrogen and oxygen atoms in total. The highest BCUT2D eigenvalue weighted by Crippen LogP contribution is 2.17. The van der Waals surface area contributed by atoms with Crippen LogP contribution in [-0.4, -0.2) is 78.3 Å². The Hall–Kier alpha value is -1.48. The van der Waals surface area contributed by atoms with Crippen molar-refractivity contribution >= 4 is 27.6 Å². The van der Waals surface area contributed by atoms with Crippen molar-refractivity contribution in [3.8, 4) is 0 Å². The first-order chi connectivity index (χ1) is 9.78. The molecule has 2 aliphatic rings. The first-order valence-electron chi connectivity index (χ1n) is 6.78. The molecule has 0 aromatic carbocycles. The highest BCUT2D eigenvalue weighted by molar-refractivity contribution is 7.91. The Balaban J connectivity index is 1.98. The Kier molecular flexibility index (Phi) is 4.62. The molecule has 1 N–H and O–H groups in total. The summed E-state index contributed by atoms with van der Waals surface area (Å²) in [6.07, 6.45) is 0.165. The molecule has 1 atom stereocenters. The van der Waals surface area contributed by atoms with Gasteiger partial charge in [0, 0.05) is 38.5 Å². The monoisotopic (exact) mass is 318 g/mol. The largest absolute Gasteiger partial charge is 0.481 e. The van der Waals surface area contributed by atoms with Crippen LogP contribution < -0.4 is 0 Å². The lowest BCUT2D eigenvalue weighted by Gasteiger charge is -2.35. The zero-order chi connectivity index (χ0) is 15.6. The zero-order valence-electron chi connectivity index (χ0n) is 11.5. The quantitative estimate of drug-likeness (QED) is 0.628. The maximum atomic E-state index is 11.6. The van der Waals surface area contributed by atoms with Crippen molar-refractivity contribution in [1.29, 1.82) is 0 Å². The number of aliphatic carboxylic acids is 1. The number of amides is 2. The van der Waals surface area contributed by atoms with Crippen molar-refractivity contribution in [2.75, 3.05) is 31.1 Å². The minimum Gasteiger partial charge on any atom is -0.481 e. The summed E-state index contributed by atoms with van der Waals surface area (Å²) in [7, 11) is -3.22. The number of imide groups is 1. The number of carboxylic acids is 1. The number of rotatable bonds is 5. The van der Waals surface area contributed by atoms with Gasteiger partial charge < -0.3 is 5.11 Å². The van der Waals surface area contributed by atoms with Gasteiger partial charge in [0.05, 0.1) is 17.9 Å². The van der Waals surface area contributed by atoms with Gasteiger partial charge in [-0.2, -0.15) is 0 Å². The molecular weight excluding hydrogens is 300 g/mol. The van der Waals surface area contributed by atoms with E-state index in [9.17, 15) is 22.8 Å². The molecule has 2 aliphatic heterocycles. The van der Waals surface area contributed by atoms with Crippen LogP contribution in [-0.2, 0) is 24.2 Å². The van der Waals surface area contributed by atoms with Gasteiger partial charge in [0.15, 0.2) is 9.84 Å². The lowest BCUT2D eigenvalue weighted by molar-refractivity contribution is -0.140. The van der Waals surface area contributed by atoms with E-state index in [1.807, 2.05) is 0 Å². The Morgan fingerprint density at radius 2 is 1.81 bits per heavy atom. The average molecular weight is 318 g/mol. The lowest BCUT2D eigenvalue weighted by Crippen LogP contribution is -2.51. The number of sulfone groups is 1. The fraction of sp³-hybridized carbons (Fsp3) is 0.750. The van der Waals surface area contributed by atoms with E-state index < -0.39 is 21.8 Å². The van der Waals surface area contributed by atoms with E-state index in [-0.39, 0.29) is 55.7 Å². The second kappa shape index (κ2) is 6.10. The molecule has 0 bridgehead atoms. The molecule has 9 heteroatoms. The van der Waals surface area contributed by atoms with Crippen molar-refractivity contribution in [2.24, 2.45) is 0 Å². The Bertz CT molecular complexity index is 542. The molecule has 0 aromatic heterocycles. The third-order valence-corrected chi connectivity index (χ3v) is 5.53. The molecule has 0 aromatic rings. The fourth-order valence-electron chi connectivity index (χ4n) is 2.71. The Morgan fingerprint density at radius 3 is 2.38 bits per heavy atom. The Morgan fingerprint density at radius 1 is 1.19 bits per heavy atom. The standard InChI is InChI=1S/C12H18N2O6S/c15-10-1-2-11(16)14(10)4-3-13-5-6-21(19,20)8-9(13)7-12(17)18/h9H,1-8H2,(H,17,18).